The van der Waals surface area contributed by atoms with Crippen LogP contribution >= 0.6 is 0 Å². The Morgan fingerprint density at radius 2 is 1.38 bits per heavy atom. The normalized spacial score (nSPS) is 11.4. The third-order valence-electron chi connectivity index (χ3n) is 5.68. The van der Waals surface area contributed by atoms with E-state index >= 15 is 0 Å². The second kappa shape index (κ2) is 13.4. The van der Waals surface area contributed by atoms with E-state index < -0.39 is 9.84 Å². The first-order valence-electron chi connectivity index (χ1n) is 11.7. The summed E-state index contributed by atoms with van der Waals surface area (Å²) in [6, 6.07) is 15.0. The summed E-state index contributed by atoms with van der Waals surface area (Å²) in [5, 5.41) is 4.12. The number of ether oxygens (including phenoxy) is 5. The van der Waals surface area contributed by atoms with E-state index in [0.29, 0.717) is 51.1 Å². The lowest BCUT2D eigenvalue weighted by molar-refractivity contribution is 0.104. The molecule has 0 saturated carbocycles. The third kappa shape index (κ3) is 7.78. The molecule has 0 fully saturated rings. The Kier molecular flexibility index (Phi) is 9.99. The van der Waals surface area contributed by atoms with Crippen LogP contribution in [0.5, 0.6) is 28.7 Å². The first-order chi connectivity index (χ1) is 18.7. The highest BCUT2D eigenvalue weighted by molar-refractivity contribution is 7.93. The van der Waals surface area contributed by atoms with E-state index in [1.807, 2.05) is 0 Å². The summed E-state index contributed by atoms with van der Waals surface area (Å²) in [6.45, 7) is 0. The minimum Gasteiger partial charge on any atom is -0.497 e. The van der Waals surface area contributed by atoms with Crippen molar-refractivity contribution in [2.45, 2.75) is 5.75 Å². The number of ketones is 1. The fourth-order valence-electron chi connectivity index (χ4n) is 3.67. The molecule has 0 heterocycles. The van der Waals surface area contributed by atoms with Gasteiger partial charge >= 0.3 is 0 Å². The van der Waals surface area contributed by atoms with Crippen molar-refractivity contribution in [2.75, 3.05) is 40.9 Å². The number of nitrogens with one attached hydrogen (secondary N) is 1. The van der Waals surface area contributed by atoms with E-state index in [0.717, 1.165) is 5.41 Å². The summed E-state index contributed by atoms with van der Waals surface area (Å²) >= 11 is 0. The highest BCUT2D eigenvalue weighted by Crippen LogP contribution is 2.35. The summed E-state index contributed by atoms with van der Waals surface area (Å²) < 4.78 is 52.4. The number of allylic oxidation sites excluding steroid dienone is 1. The lowest BCUT2D eigenvalue weighted by Crippen LogP contribution is -2.02. The Morgan fingerprint density at radius 3 is 1.95 bits per heavy atom. The SMILES string of the molecule is COc1ccc(C(=O)C=CNc2cc(CS(=O)(=O)C=Cc3c(OC)cc(OC)cc3OC)ccc2OC)cc1. The van der Waals surface area contributed by atoms with Gasteiger partial charge in [-0.15, -0.1) is 0 Å². The highest BCUT2D eigenvalue weighted by atomic mass is 32.2. The number of carbonyl (C=O) groups is 1. The second-order valence-electron chi connectivity index (χ2n) is 8.16. The van der Waals surface area contributed by atoms with Crippen LogP contribution in [-0.4, -0.2) is 49.8 Å². The topological polar surface area (TPSA) is 109 Å². The predicted octanol–water partition coefficient (Wildman–Crippen LogP) is 5.12. The van der Waals surface area contributed by atoms with Gasteiger partial charge in [-0.1, -0.05) is 6.07 Å². The largest absolute Gasteiger partial charge is 0.497 e. The number of carbonyl (C=O) groups excluding carboxylic acids is 1. The molecule has 0 amide bonds. The summed E-state index contributed by atoms with van der Waals surface area (Å²) in [5.41, 5.74) is 1.99. The van der Waals surface area contributed by atoms with Crippen molar-refractivity contribution >= 4 is 27.4 Å². The summed E-state index contributed by atoms with van der Waals surface area (Å²) in [5.74, 6) is 1.99. The van der Waals surface area contributed by atoms with Gasteiger partial charge in [-0.05, 0) is 48.0 Å². The smallest absolute Gasteiger partial charge is 0.187 e. The maximum Gasteiger partial charge on any atom is 0.187 e. The van der Waals surface area contributed by atoms with Crippen molar-refractivity contribution in [2.24, 2.45) is 0 Å². The first-order valence-corrected chi connectivity index (χ1v) is 13.4. The monoisotopic (exact) mass is 553 g/mol. The Hall–Kier alpha value is -4.44. The molecule has 1 N–H and O–H groups in total. The fraction of sp³-hybridized carbons (Fsp3) is 0.207. The molecule has 0 saturated heterocycles. The van der Waals surface area contributed by atoms with Crippen molar-refractivity contribution in [3.8, 4) is 28.7 Å². The maximum absolute atomic E-state index is 13.0. The Balaban J connectivity index is 1.77. The number of hydrogen-bond acceptors (Lipinski definition) is 9. The van der Waals surface area contributed by atoms with E-state index in [-0.39, 0.29) is 11.5 Å². The Morgan fingerprint density at radius 1 is 0.769 bits per heavy atom. The molecule has 0 spiro atoms. The third-order valence-corrected chi connectivity index (χ3v) is 6.96. The summed E-state index contributed by atoms with van der Waals surface area (Å²) in [7, 11) is 3.84. The predicted molar refractivity (Wildman–Crippen MR) is 151 cm³/mol. The van der Waals surface area contributed by atoms with E-state index in [2.05, 4.69) is 5.32 Å². The van der Waals surface area contributed by atoms with Gasteiger partial charge in [0.2, 0.25) is 0 Å². The minimum absolute atomic E-state index is 0.211. The summed E-state index contributed by atoms with van der Waals surface area (Å²) in [4.78, 5) is 12.4. The molecule has 10 heteroatoms. The molecule has 0 unspecified atom stereocenters. The fourth-order valence-corrected chi connectivity index (χ4v) is 4.75. The molecule has 0 atom stereocenters. The van der Waals surface area contributed by atoms with Gasteiger partial charge in [0, 0.05) is 35.4 Å². The van der Waals surface area contributed by atoms with Crippen LogP contribution in [-0.2, 0) is 15.6 Å². The van der Waals surface area contributed by atoms with Crippen molar-refractivity contribution < 1.29 is 36.9 Å². The molecular formula is C29H31NO8S. The lowest BCUT2D eigenvalue weighted by Gasteiger charge is -2.12. The van der Waals surface area contributed by atoms with Crippen molar-refractivity contribution in [3.63, 3.8) is 0 Å². The molecule has 3 aromatic rings. The average molecular weight is 554 g/mol. The number of rotatable bonds is 13. The molecule has 0 aromatic heterocycles. The van der Waals surface area contributed by atoms with Crippen LogP contribution < -0.4 is 29.0 Å². The van der Waals surface area contributed by atoms with Gasteiger partial charge in [-0.25, -0.2) is 8.42 Å². The first kappa shape index (κ1) is 29.1. The molecule has 3 rings (SSSR count). The van der Waals surface area contributed by atoms with Gasteiger partial charge in [-0.3, -0.25) is 4.79 Å². The van der Waals surface area contributed by atoms with Gasteiger partial charge in [-0.2, -0.15) is 0 Å². The molecule has 9 nitrogen and oxygen atoms in total. The van der Waals surface area contributed by atoms with Crippen LogP contribution in [0.3, 0.4) is 0 Å². The Labute approximate surface area is 228 Å². The van der Waals surface area contributed by atoms with Crippen molar-refractivity contribution in [1.29, 1.82) is 0 Å². The van der Waals surface area contributed by atoms with Crippen LogP contribution in [0.1, 0.15) is 21.5 Å². The minimum atomic E-state index is -3.68. The lowest BCUT2D eigenvalue weighted by atomic mass is 10.1. The van der Waals surface area contributed by atoms with Gasteiger partial charge in [0.15, 0.2) is 15.6 Å². The molecule has 0 bridgehead atoms. The molecule has 0 aliphatic heterocycles. The number of sulfone groups is 1. The molecular weight excluding hydrogens is 522 g/mol. The molecule has 3 aromatic carbocycles. The standard InChI is InChI=1S/C29H31NO8S/c1-34-22-9-7-21(8-10-22)26(31)12-14-30-25-16-20(6-11-27(25)36-3)19-39(32,33)15-13-24-28(37-4)17-23(35-2)18-29(24)38-5/h6-18,30H,19H2,1-5H3. The van der Waals surface area contributed by atoms with E-state index in [1.165, 1.54) is 46.8 Å². The maximum atomic E-state index is 13.0. The Bertz CT molecular complexity index is 1440. The number of anilines is 1. The number of benzene rings is 3. The van der Waals surface area contributed by atoms with Gasteiger partial charge in [0.1, 0.15) is 28.7 Å². The van der Waals surface area contributed by atoms with Crippen molar-refractivity contribution in [1.82, 2.24) is 0 Å². The van der Waals surface area contributed by atoms with Gasteiger partial charge in [0.25, 0.3) is 0 Å². The van der Waals surface area contributed by atoms with Gasteiger partial charge < -0.3 is 29.0 Å². The molecule has 0 aliphatic rings. The van der Waals surface area contributed by atoms with Crippen LogP contribution in [0.15, 0.2) is 72.3 Å². The zero-order chi connectivity index (χ0) is 28.4. The van der Waals surface area contributed by atoms with Gasteiger partial charge in [0.05, 0.1) is 52.6 Å². The number of hydrogen-bond donors (Lipinski definition) is 1. The molecule has 206 valence electrons. The van der Waals surface area contributed by atoms with E-state index in [9.17, 15) is 13.2 Å². The zero-order valence-electron chi connectivity index (χ0n) is 22.4. The highest BCUT2D eigenvalue weighted by Gasteiger charge is 2.15. The average Bonchev–Trinajstić information content (AvgIpc) is 2.95. The van der Waals surface area contributed by atoms with E-state index in [4.69, 9.17) is 23.7 Å². The van der Waals surface area contributed by atoms with Crippen molar-refractivity contribution in [3.05, 3.63) is 89.0 Å². The summed E-state index contributed by atoms with van der Waals surface area (Å²) in [6.07, 6.45) is 4.29. The zero-order valence-corrected chi connectivity index (χ0v) is 23.2. The quantitative estimate of drug-likeness (QED) is 0.228. The van der Waals surface area contributed by atoms with Crippen LogP contribution in [0, 0.1) is 0 Å². The van der Waals surface area contributed by atoms with E-state index in [1.54, 1.807) is 61.7 Å². The van der Waals surface area contributed by atoms with Crippen LogP contribution in [0.25, 0.3) is 6.08 Å². The van der Waals surface area contributed by atoms with Crippen LogP contribution in [0.4, 0.5) is 5.69 Å². The number of methoxy groups -OCH3 is 5. The second-order valence-corrected chi connectivity index (χ2v) is 10.0. The molecule has 39 heavy (non-hydrogen) atoms. The van der Waals surface area contributed by atoms with Crippen LogP contribution in [0.2, 0.25) is 0 Å². The molecule has 0 radical (unpaired) electrons. The molecule has 0 aliphatic carbocycles.